The molecule has 0 aliphatic rings. The Bertz CT molecular complexity index is 1290. The van der Waals surface area contributed by atoms with Crippen LogP contribution in [0.15, 0.2) is 72.0 Å². The number of aromatic nitrogens is 3. The van der Waals surface area contributed by atoms with E-state index < -0.39 is 0 Å². The summed E-state index contributed by atoms with van der Waals surface area (Å²) in [7, 11) is 0. The zero-order valence-corrected chi connectivity index (χ0v) is 15.5. The fourth-order valence-electron chi connectivity index (χ4n) is 3.16. The molecule has 0 fully saturated rings. The Morgan fingerprint density at radius 2 is 1.76 bits per heavy atom. The van der Waals surface area contributed by atoms with Crippen molar-refractivity contribution in [2.75, 3.05) is 5.43 Å². The summed E-state index contributed by atoms with van der Waals surface area (Å²) in [6.45, 7) is 1.97. The minimum absolute atomic E-state index is 0.239. The number of benzene rings is 2. The van der Waals surface area contributed by atoms with Crippen LogP contribution in [0.4, 0.5) is 5.69 Å². The normalized spacial score (nSPS) is 10.2. The van der Waals surface area contributed by atoms with Gasteiger partial charge in [-0.1, -0.05) is 42.5 Å². The summed E-state index contributed by atoms with van der Waals surface area (Å²) in [6, 6.07) is 22.9. The fourth-order valence-corrected chi connectivity index (χ4v) is 3.16. The molecule has 0 bridgehead atoms. The first-order valence-corrected chi connectivity index (χ1v) is 8.85. The molecule has 0 amide bonds. The Hall–Kier alpha value is -4.49. The molecule has 0 aliphatic carbocycles. The maximum atomic E-state index is 8.82. The van der Waals surface area contributed by atoms with Gasteiger partial charge in [-0.05, 0) is 30.7 Å². The number of hydrogen-bond acceptors (Lipinski definition) is 6. The second kappa shape index (κ2) is 7.63. The van der Waals surface area contributed by atoms with E-state index in [0.29, 0.717) is 5.69 Å². The highest BCUT2D eigenvalue weighted by atomic mass is 15.3. The van der Waals surface area contributed by atoms with Crippen LogP contribution in [0.2, 0.25) is 0 Å². The zero-order chi connectivity index (χ0) is 20.2. The number of anilines is 1. The predicted octanol–water partition coefficient (Wildman–Crippen LogP) is 4.19. The molecule has 4 aromatic rings. The number of nitriles is 2. The third-order valence-electron chi connectivity index (χ3n) is 4.42. The van der Waals surface area contributed by atoms with E-state index in [1.807, 2.05) is 72.1 Å². The number of nitrogens with zero attached hydrogens (tertiary/aromatic N) is 6. The largest absolute Gasteiger partial charge is 0.276 e. The molecule has 7 nitrogen and oxygen atoms in total. The molecule has 0 saturated heterocycles. The van der Waals surface area contributed by atoms with Crippen LogP contribution >= 0.6 is 0 Å². The topological polar surface area (TPSA) is 102 Å². The lowest BCUT2D eigenvalue weighted by Crippen LogP contribution is -1.98. The molecule has 7 heteroatoms. The molecule has 0 unspecified atom stereocenters. The molecule has 0 radical (unpaired) electrons. The van der Waals surface area contributed by atoms with Crippen LogP contribution in [-0.2, 0) is 0 Å². The van der Waals surface area contributed by atoms with Crippen LogP contribution in [0.3, 0.4) is 0 Å². The van der Waals surface area contributed by atoms with Gasteiger partial charge in [0.15, 0.2) is 5.65 Å². The molecule has 138 valence electrons. The van der Waals surface area contributed by atoms with Crippen molar-refractivity contribution in [3.8, 4) is 34.5 Å². The summed E-state index contributed by atoms with van der Waals surface area (Å²) >= 11 is 0. The van der Waals surface area contributed by atoms with Crippen molar-refractivity contribution in [3.63, 3.8) is 0 Å². The average Bonchev–Trinajstić information content (AvgIpc) is 3.11. The second-order valence-electron chi connectivity index (χ2n) is 6.27. The smallest absolute Gasteiger partial charge is 0.237 e. The van der Waals surface area contributed by atoms with Gasteiger partial charge in [0.1, 0.15) is 12.1 Å². The highest BCUT2D eigenvalue weighted by molar-refractivity contribution is 6.10. The predicted molar refractivity (Wildman–Crippen MR) is 111 cm³/mol. The molecule has 2 aromatic heterocycles. The fraction of sp³-hybridized carbons (Fsp3) is 0.0455. The van der Waals surface area contributed by atoms with Crippen molar-refractivity contribution in [2.24, 2.45) is 5.10 Å². The van der Waals surface area contributed by atoms with Crippen LogP contribution in [-0.4, -0.2) is 20.3 Å². The maximum Gasteiger partial charge on any atom is 0.237 e. The van der Waals surface area contributed by atoms with Crippen molar-refractivity contribution < 1.29 is 0 Å². The molecule has 0 atom stereocenters. The standard InChI is InChI=1S/C22H15N7/c1-15-21(16-6-3-2-4-7-16)22-25-11-10-20(29(22)28-15)17-8-5-9-18(12-17)26-27-19(13-23)14-24/h2-12,26H,1H3. The van der Waals surface area contributed by atoms with Crippen molar-refractivity contribution in [1.29, 1.82) is 10.5 Å². The van der Waals surface area contributed by atoms with E-state index in [4.69, 9.17) is 15.6 Å². The Kier molecular flexibility index (Phi) is 4.71. The van der Waals surface area contributed by atoms with Gasteiger partial charge in [0.2, 0.25) is 5.71 Å². The van der Waals surface area contributed by atoms with Crippen molar-refractivity contribution in [2.45, 2.75) is 6.92 Å². The van der Waals surface area contributed by atoms with Gasteiger partial charge in [0, 0.05) is 17.3 Å². The van der Waals surface area contributed by atoms with Crippen molar-refractivity contribution in [3.05, 3.63) is 72.6 Å². The van der Waals surface area contributed by atoms with E-state index in [-0.39, 0.29) is 5.71 Å². The lowest BCUT2D eigenvalue weighted by molar-refractivity contribution is 0.925. The number of aryl methyl sites for hydroxylation is 1. The third-order valence-corrected chi connectivity index (χ3v) is 4.42. The van der Waals surface area contributed by atoms with Gasteiger partial charge >= 0.3 is 0 Å². The summed E-state index contributed by atoms with van der Waals surface area (Å²) in [5, 5.41) is 26.1. The number of nitrogens with one attached hydrogen (secondary N) is 1. The number of rotatable bonds is 4. The van der Waals surface area contributed by atoms with Gasteiger partial charge in [-0.15, -0.1) is 0 Å². The van der Waals surface area contributed by atoms with Crippen LogP contribution in [0.25, 0.3) is 28.0 Å². The van der Waals surface area contributed by atoms with Gasteiger partial charge in [0.05, 0.1) is 17.1 Å². The summed E-state index contributed by atoms with van der Waals surface area (Å²) in [6.07, 6.45) is 1.76. The maximum absolute atomic E-state index is 8.82. The quantitative estimate of drug-likeness (QED) is 0.424. The zero-order valence-electron chi connectivity index (χ0n) is 15.5. The molecule has 0 saturated carbocycles. The molecule has 4 rings (SSSR count). The highest BCUT2D eigenvalue weighted by Crippen LogP contribution is 2.30. The summed E-state index contributed by atoms with van der Waals surface area (Å²) < 4.78 is 1.83. The first kappa shape index (κ1) is 17.9. The minimum Gasteiger partial charge on any atom is -0.276 e. The minimum atomic E-state index is -0.239. The van der Waals surface area contributed by atoms with Gasteiger partial charge in [-0.2, -0.15) is 20.7 Å². The SMILES string of the molecule is Cc1nn2c(-c3cccc(NN=C(C#N)C#N)c3)ccnc2c1-c1ccccc1. The molecule has 1 N–H and O–H groups in total. The number of hydrazone groups is 1. The van der Waals surface area contributed by atoms with Crippen molar-refractivity contribution >= 4 is 17.0 Å². The second-order valence-corrected chi connectivity index (χ2v) is 6.27. The Morgan fingerprint density at radius 3 is 2.52 bits per heavy atom. The van der Waals surface area contributed by atoms with Crippen molar-refractivity contribution in [1.82, 2.24) is 14.6 Å². The van der Waals surface area contributed by atoms with E-state index in [1.165, 1.54) is 0 Å². The summed E-state index contributed by atoms with van der Waals surface area (Å²) in [5.41, 5.74) is 8.66. The monoisotopic (exact) mass is 377 g/mol. The van der Waals surface area contributed by atoms with Gasteiger partial charge in [0.25, 0.3) is 0 Å². The van der Waals surface area contributed by atoms with Crippen LogP contribution in [0.1, 0.15) is 5.69 Å². The summed E-state index contributed by atoms with van der Waals surface area (Å²) in [4.78, 5) is 4.56. The molecule has 29 heavy (non-hydrogen) atoms. The molecular formula is C22H15N7. The molecule has 2 heterocycles. The lowest BCUT2D eigenvalue weighted by Gasteiger charge is -2.07. The van der Waals surface area contributed by atoms with E-state index in [9.17, 15) is 0 Å². The van der Waals surface area contributed by atoms with Crippen LogP contribution < -0.4 is 5.43 Å². The Morgan fingerprint density at radius 1 is 1.00 bits per heavy atom. The van der Waals surface area contributed by atoms with Gasteiger partial charge < -0.3 is 0 Å². The van der Waals surface area contributed by atoms with Gasteiger partial charge in [-0.3, -0.25) is 5.43 Å². The third kappa shape index (κ3) is 3.41. The van der Waals surface area contributed by atoms with E-state index >= 15 is 0 Å². The van der Waals surface area contributed by atoms with E-state index in [2.05, 4.69) is 15.5 Å². The summed E-state index contributed by atoms with van der Waals surface area (Å²) in [5.74, 6) is 0. The van der Waals surface area contributed by atoms with E-state index in [1.54, 1.807) is 18.3 Å². The van der Waals surface area contributed by atoms with Gasteiger partial charge in [-0.25, -0.2) is 9.50 Å². The molecule has 2 aromatic carbocycles. The number of fused-ring (bicyclic) bond motifs is 1. The first-order valence-electron chi connectivity index (χ1n) is 8.85. The Balaban J connectivity index is 1.80. The molecular weight excluding hydrogens is 362 g/mol. The number of hydrogen-bond donors (Lipinski definition) is 1. The van der Waals surface area contributed by atoms with E-state index in [0.717, 1.165) is 33.7 Å². The average molecular weight is 377 g/mol. The van der Waals surface area contributed by atoms with Crippen LogP contribution in [0, 0.1) is 29.6 Å². The lowest BCUT2D eigenvalue weighted by atomic mass is 10.1. The molecule has 0 aliphatic heterocycles. The Labute approximate surface area is 167 Å². The molecule has 0 spiro atoms. The first-order chi connectivity index (χ1) is 14.2. The highest BCUT2D eigenvalue weighted by Gasteiger charge is 2.15. The van der Waals surface area contributed by atoms with Crippen LogP contribution in [0.5, 0.6) is 0 Å².